The van der Waals surface area contributed by atoms with Gasteiger partial charge in [0.15, 0.2) is 6.10 Å². The molecule has 7 heteroatoms. The highest BCUT2D eigenvalue weighted by Gasteiger charge is 2.44. The number of hydrogen-bond acceptors (Lipinski definition) is 7. The third kappa shape index (κ3) is 4.03. The van der Waals surface area contributed by atoms with Crippen LogP contribution in [0.5, 0.6) is 0 Å². The lowest BCUT2D eigenvalue weighted by Gasteiger charge is -2.21. The van der Waals surface area contributed by atoms with E-state index in [1.807, 2.05) is 0 Å². The summed E-state index contributed by atoms with van der Waals surface area (Å²) in [5.41, 5.74) is 0. The van der Waals surface area contributed by atoms with Crippen molar-refractivity contribution in [1.29, 1.82) is 0 Å². The van der Waals surface area contributed by atoms with Crippen LogP contribution in [0.15, 0.2) is 0 Å². The fourth-order valence-electron chi connectivity index (χ4n) is 1.46. The van der Waals surface area contributed by atoms with Gasteiger partial charge in [-0.3, -0.25) is 14.4 Å². The van der Waals surface area contributed by atoms with E-state index in [9.17, 15) is 14.4 Å². The van der Waals surface area contributed by atoms with Gasteiger partial charge in [0.25, 0.3) is 0 Å². The van der Waals surface area contributed by atoms with Crippen LogP contribution in [0.25, 0.3) is 0 Å². The van der Waals surface area contributed by atoms with Gasteiger partial charge in [-0.1, -0.05) is 0 Å². The van der Waals surface area contributed by atoms with Crippen molar-refractivity contribution in [3.8, 4) is 0 Å². The zero-order chi connectivity index (χ0) is 13.0. The fraction of sp³-hybridized carbons (Fsp3) is 0.700. The minimum Gasteiger partial charge on any atom is -0.456 e. The Kier molecular flexibility index (Phi) is 4.45. The molecule has 0 aromatic carbocycles. The van der Waals surface area contributed by atoms with Gasteiger partial charge in [-0.05, 0) is 0 Å². The van der Waals surface area contributed by atoms with Crippen LogP contribution in [-0.4, -0.2) is 43.0 Å². The molecule has 0 spiro atoms. The first-order valence-electron chi connectivity index (χ1n) is 5.03. The van der Waals surface area contributed by atoms with Crippen LogP contribution in [0.1, 0.15) is 20.8 Å². The van der Waals surface area contributed by atoms with Crippen LogP contribution in [0.4, 0.5) is 0 Å². The normalized spacial score (nSPS) is 27.4. The van der Waals surface area contributed by atoms with E-state index in [-0.39, 0.29) is 6.61 Å². The second-order valence-electron chi connectivity index (χ2n) is 3.53. The van der Waals surface area contributed by atoms with E-state index >= 15 is 0 Å². The summed E-state index contributed by atoms with van der Waals surface area (Å²) in [6.07, 6.45) is -2.73. The quantitative estimate of drug-likeness (QED) is 0.502. The van der Waals surface area contributed by atoms with Gasteiger partial charge >= 0.3 is 17.9 Å². The Labute approximate surface area is 98.0 Å². The third-order valence-corrected chi connectivity index (χ3v) is 1.96. The minimum atomic E-state index is -1.04. The molecule has 0 amide bonds. The number of carbonyl (C=O) groups is 3. The smallest absolute Gasteiger partial charge is 0.305 e. The lowest BCUT2D eigenvalue weighted by molar-refractivity contribution is -0.192. The van der Waals surface area contributed by atoms with Crippen molar-refractivity contribution in [3.05, 3.63) is 0 Å². The molecule has 17 heavy (non-hydrogen) atoms. The number of carbonyl (C=O) groups excluding carboxylic acids is 3. The zero-order valence-corrected chi connectivity index (χ0v) is 9.80. The molecule has 0 aromatic heterocycles. The first-order chi connectivity index (χ1) is 7.90. The van der Waals surface area contributed by atoms with Crippen molar-refractivity contribution in [1.82, 2.24) is 0 Å². The Bertz CT molecular complexity index is 301. The van der Waals surface area contributed by atoms with Crippen molar-refractivity contribution < 1.29 is 33.3 Å². The molecule has 1 heterocycles. The van der Waals surface area contributed by atoms with Gasteiger partial charge in [0, 0.05) is 20.8 Å². The zero-order valence-electron chi connectivity index (χ0n) is 9.80. The van der Waals surface area contributed by atoms with Crippen LogP contribution < -0.4 is 0 Å². The summed E-state index contributed by atoms with van der Waals surface area (Å²) in [6.45, 7) is 3.64. The number of esters is 3. The van der Waals surface area contributed by atoms with Crippen molar-refractivity contribution in [2.75, 3.05) is 6.61 Å². The molecule has 1 fully saturated rings. The Balaban J connectivity index is 2.69. The molecule has 0 radical (unpaired) electrons. The largest absolute Gasteiger partial charge is 0.456 e. The van der Waals surface area contributed by atoms with Gasteiger partial charge < -0.3 is 18.9 Å². The molecule has 0 aromatic rings. The van der Waals surface area contributed by atoms with Gasteiger partial charge in [0.2, 0.25) is 12.4 Å². The van der Waals surface area contributed by atoms with Crippen molar-refractivity contribution in [2.45, 2.75) is 39.3 Å². The van der Waals surface area contributed by atoms with Gasteiger partial charge in [-0.15, -0.1) is 0 Å². The molecule has 96 valence electrons. The van der Waals surface area contributed by atoms with Crippen LogP contribution in [-0.2, 0) is 33.3 Å². The van der Waals surface area contributed by atoms with E-state index in [1.165, 1.54) is 20.8 Å². The SMILES string of the molecule is CC(=O)OC1OC[C@@H](OC(C)=O)[C@H]1OC(C)=O. The summed E-state index contributed by atoms with van der Waals surface area (Å²) in [5, 5.41) is 0. The van der Waals surface area contributed by atoms with E-state index in [2.05, 4.69) is 0 Å². The predicted octanol–water partition coefficient (Wildman–Crippen LogP) is -0.231. The molecule has 1 aliphatic rings. The maximum Gasteiger partial charge on any atom is 0.305 e. The lowest BCUT2D eigenvalue weighted by atomic mass is 10.2. The maximum atomic E-state index is 10.9. The topological polar surface area (TPSA) is 88.1 Å². The molecule has 1 saturated heterocycles. The van der Waals surface area contributed by atoms with Crippen LogP contribution in [0.2, 0.25) is 0 Å². The minimum absolute atomic E-state index is 0.00940. The molecule has 0 N–H and O–H groups in total. The van der Waals surface area contributed by atoms with Gasteiger partial charge in [0.05, 0.1) is 6.61 Å². The Morgan fingerprint density at radius 1 is 0.941 bits per heavy atom. The summed E-state index contributed by atoms with van der Waals surface area (Å²) >= 11 is 0. The summed E-state index contributed by atoms with van der Waals surface area (Å²) in [7, 11) is 0. The molecule has 3 atom stereocenters. The molecule has 7 nitrogen and oxygen atoms in total. The Hall–Kier alpha value is -1.63. The summed E-state index contributed by atoms with van der Waals surface area (Å²) < 4.78 is 19.7. The van der Waals surface area contributed by atoms with Crippen molar-refractivity contribution in [2.24, 2.45) is 0 Å². The molecular formula is C10H14O7. The summed E-state index contributed by atoms with van der Waals surface area (Å²) in [6, 6.07) is 0. The molecular weight excluding hydrogens is 232 g/mol. The van der Waals surface area contributed by atoms with Crippen molar-refractivity contribution >= 4 is 17.9 Å². The number of rotatable bonds is 3. The van der Waals surface area contributed by atoms with E-state index in [0.717, 1.165) is 0 Å². The number of ether oxygens (including phenoxy) is 4. The molecule has 1 rings (SSSR count). The van der Waals surface area contributed by atoms with E-state index in [1.54, 1.807) is 0 Å². The first kappa shape index (κ1) is 13.4. The summed E-state index contributed by atoms with van der Waals surface area (Å²) in [4.78, 5) is 32.5. The maximum absolute atomic E-state index is 10.9. The molecule has 1 unspecified atom stereocenters. The Morgan fingerprint density at radius 2 is 1.47 bits per heavy atom. The molecule has 0 aliphatic carbocycles. The predicted molar refractivity (Wildman–Crippen MR) is 52.6 cm³/mol. The fourth-order valence-corrected chi connectivity index (χ4v) is 1.46. The third-order valence-electron chi connectivity index (χ3n) is 1.96. The molecule has 0 bridgehead atoms. The average Bonchev–Trinajstić information content (AvgIpc) is 2.47. The van der Waals surface area contributed by atoms with Crippen LogP contribution in [0, 0.1) is 0 Å². The van der Waals surface area contributed by atoms with Crippen LogP contribution in [0.3, 0.4) is 0 Å². The highest BCUT2D eigenvalue weighted by atomic mass is 16.7. The standard InChI is InChI=1S/C10H14O7/c1-5(11)15-8-4-14-10(17-7(3)13)9(8)16-6(2)12/h8-10H,4H2,1-3H3/t8-,9-,10?/m1/s1. The van der Waals surface area contributed by atoms with E-state index < -0.39 is 36.4 Å². The van der Waals surface area contributed by atoms with E-state index in [0.29, 0.717) is 0 Å². The highest BCUT2D eigenvalue weighted by molar-refractivity contribution is 5.68. The van der Waals surface area contributed by atoms with Crippen molar-refractivity contribution in [3.63, 3.8) is 0 Å². The second kappa shape index (κ2) is 5.62. The average molecular weight is 246 g/mol. The lowest BCUT2D eigenvalue weighted by Crippen LogP contribution is -2.39. The first-order valence-corrected chi connectivity index (χ1v) is 5.03. The van der Waals surface area contributed by atoms with Crippen LogP contribution >= 0.6 is 0 Å². The molecule has 1 aliphatic heterocycles. The monoisotopic (exact) mass is 246 g/mol. The number of hydrogen-bond donors (Lipinski definition) is 0. The van der Waals surface area contributed by atoms with Gasteiger partial charge in [-0.2, -0.15) is 0 Å². The molecule has 0 saturated carbocycles. The summed E-state index contributed by atoms with van der Waals surface area (Å²) in [5.74, 6) is -1.68. The van der Waals surface area contributed by atoms with E-state index in [4.69, 9.17) is 18.9 Å². The van der Waals surface area contributed by atoms with Gasteiger partial charge in [-0.25, -0.2) is 0 Å². The second-order valence-corrected chi connectivity index (χ2v) is 3.53. The Morgan fingerprint density at radius 3 is 1.94 bits per heavy atom. The van der Waals surface area contributed by atoms with Gasteiger partial charge in [0.1, 0.15) is 0 Å². The highest BCUT2D eigenvalue weighted by Crippen LogP contribution is 2.22.